The summed E-state index contributed by atoms with van der Waals surface area (Å²) in [6, 6.07) is 64.9. The van der Waals surface area contributed by atoms with Gasteiger partial charge in [-0.25, -0.2) is 0 Å². The maximum absolute atomic E-state index is 6.81. The van der Waals surface area contributed by atoms with Gasteiger partial charge in [-0.15, -0.1) is 0 Å². The minimum atomic E-state index is 0.836. The number of hydrogen-bond donors (Lipinski definition) is 0. The summed E-state index contributed by atoms with van der Waals surface area (Å²) < 4.78 is 19.6. The lowest BCUT2D eigenvalue weighted by Gasteiger charge is -2.18. The van der Waals surface area contributed by atoms with Crippen LogP contribution in [0.25, 0.3) is 132 Å². The molecule has 3 heterocycles. The van der Waals surface area contributed by atoms with E-state index in [1.807, 2.05) is 18.2 Å². The SMILES string of the molecule is c1ccc2c(c1)oc1c(-c3c4ccccc4c(-c4ccc(-c5cc6c7ccc8oc9ccccc9c8c7oc6c6ccccc56)cc4)c4ccccc34)cccc12. The van der Waals surface area contributed by atoms with Crippen LogP contribution in [-0.4, -0.2) is 0 Å². The number of rotatable bonds is 3. The number of furan rings is 3. The average Bonchev–Trinajstić information content (AvgIpc) is 3.97. The second kappa shape index (κ2) is 11.5. The summed E-state index contributed by atoms with van der Waals surface area (Å²) in [6.45, 7) is 0. The first kappa shape index (κ1) is 30.7. The number of benzene rings is 10. The molecule has 10 aromatic carbocycles. The van der Waals surface area contributed by atoms with Crippen molar-refractivity contribution in [3.05, 3.63) is 182 Å². The van der Waals surface area contributed by atoms with Gasteiger partial charge in [-0.1, -0.05) is 152 Å². The predicted molar refractivity (Wildman–Crippen MR) is 237 cm³/mol. The van der Waals surface area contributed by atoms with Gasteiger partial charge in [0, 0.05) is 43.4 Å². The van der Waals surface area contributed by atoms with E-state index in [0.717, 1.165) is 87.7 Å². The number of para-hydroxylation sites is 3. The van der Waals surface area contributed by atoms with Crippen molar-refractivity contribution in [3.8, 4) is 33.4 Å². The van der Waals surface area contributed by atoms with Crippen LogP contribution in [0.15, 0.2) is 195 Å². The zero-order chi connectivity index (χ0) is 37.2. The molecule has 0 aliphatic heterocycles. The summed E-state index contributed by atoms with van der Waals surface area (Å²) in [7, 11) is 0. The molecule has 13 rings (SSSR count). The van der Waals surface area contributed by atoms with Crippen LogP contribution in [0, 0.1) is 0 Å². The number of hydrogen-bond acceptors (Lipinski definition) is 3. The van der Waals surface area contributed by atoms with Gasteiger partial charge in [0.2, 0.25) is 0 Å². The topological polar surface area (TPSA) is 39.4 Å². The highest BCUT2D eigenvalue weighted by Crippen LogP contribution is 2.48. The van der Waals surface area contributed by atoms with E-state index in [9.17, 15) is 0 Å². The molecule has 3 nitrogen and oxygen atoms in total. The van der Waals surface area contributed by atoms with Gasteiger partial charge in [0.05, 0.1) is 5.39 Å². The van der Waals surface area contributed by atoms with E-state index in [1.54, 1.807) is 0 Å². The Hall–Kier alpha value is -7.62. The molecular weight excluding hydrogens is 697 g/mol. The fourth-order valence-electron chi connectivity index (χ4n) is 9.59. The van der Waals surface area contributed by atoms with Crippen LogP contribution in [-0.2, 0) is 0 Å². The van der Waals surface area contributed by atoms with Crippen LogP contribution in [0.1, 0.15) is 0 Å². The molecule has 0 bridgehead atoms. The Morgan fingerprint density at radius 3 is 1.49 bits per heavy atom. The van der Waals surface area contributed by atoms with Crippen molar-refractivity contribution in [2.24, 2.45) is 0 Å². The molecule has 13 aromatic rings. The maximum atomic E-state index is 6.81. The largest absolute Gasteiger partial charge is 0.456 e. The first-order valence-corrected chi connectivity index (χ1v) is 19.4. The second-order valence-corrected chi connectivity index (χ2v) is 15.1. The van der Waals surface area contributed by atoms with Crippen molar-refractivity contribution in [3.63, 3.8) is 0 Å². The van der Waals surface area contributed by atoms with Crippen LogP contribution in [0.5, 0.6) is 0 Å². The minimum absolute atomic E-state index is 0.836. The molecule has 0 saturated carbocycles. The Morgan fingerprint density at radius 2 is 0.772 bits per heavy atom. The minimum Gasteiger partial charge on any atom is -0.456 e. The van der Waals surface area contributed by atoms with E-state index < -0.39 is 0 Å². The third kappa shape index (κ3) is 4.26. The zero-order valence-corrected chi connectivity index (χ0v) is 30.5. The Kier molecular flexibility index (Phi) is 6.16. The molecule has 0 aliphatic rings. The van der Waals surface area contributed by atoms with Gasteiger partial charge in [0.15, 0.2) is 0 Å². The van der Waals surface area contributed by atoms with Crippen LogP contribution >= 0.6 is 0 Å². The monoisotopic (exact) mass is 726 g/mol. The van der Waals surface area contributed by atoms with E-state index in [2.05, 4.69) is 164 Å². The molecule has 0 saturated heterocycles. The molecule has 0 aliphatic carbocycles. The molecule has 3 heteroatoms. The van der Waals surface area contributed by atoms with Crippen molar-refractivity contribution in [1.82, 2.24) is 0 Å². The molecule has 264 valence electrons. The molecule has 57 heavy (non-hydrogen) atoms. The third-order valence-electron chi connectivity index (χ3n) is 12.1. The summed E-state index contributed by atoms with van der Waals surface area (Å²) in [5.41, 5.74) is 12.3. The molecular formula is C54H30O3. The average molecular weight is 727 g/mol. The number of fused-ring (bicyclic) bond motifs is 14. The quantitative estimate of drug-likeness (QED) is 0.170. The van der Waals surface area contributed by atoms with Gasteiger partial charge in [-0.3, -0.25) is 0 Å². The van der Waals surface area contributed by atoms with Crippen molar-refractivity contribution in [2.45, 2.75) is 0 Å². The van der Waals surface area contributed by atoms with E-state index in [1.165, 1.54) is 43.8 Å². The predicted octanol–water partition coefficient (Wildman–Crippen LogP) is 15.8. The lowest BCUT2D eigenvalue weighted by Crippen LogP contribution is -1.91. The Morgan fingerprint density at radius 1 is 0.246 bits per heavy atom. The van der Waals surface area contributed by atoms with Gasteiger partial charge in [0.1, 0.15) is 33.5 Å². The summed E-state index contributed by atoms with van der Waals surface area (Å²) in [4.78, 5) is 0. The van der Waals surface area contributed by atoms with E-state index in [4.69, 9.17) is 13.3 Å². The molecule has 0 N–H and O–H groups in total. The molecule has 0 unspecified atom stereocenters. The smallest absolute Gasteiger partial charge is 0.147 e. The molecule has 0 amide bonds. The summed E-state index contributed by atoms with van der Waals surface area (Å²) in [6.07, 6.45) is 0. The fourth-order valence-corrected chi connectivity index (χ4v) is 9.59. The zero-order valence-electron chi connectivity index (χ0n) is 30.5. The van der Waals surface area contributed by atoms with E-state index in [-0.39, 0.29) is 0 Å². The van der Waals surface area contributed by atoms with Crippen molar-refractivity contribution >= 4 is 98.1 Å². The third-order valence-corrected chi connectivity index (χ3v) is 12.1. The summed E-state index contributed by atoms with van der Waals surface area (Å²) in [5, 5.41) is 13.6. The van der Waals surface area contributed by atoms with Gasteiger partial charge in [-0.2, -0.15) is 0 Å². The highest BCUT2D eigenvalue weighted by molar-refractivity contribution is 6.27. The first-order chi connectivity index (χ1) is 28.3. The Bertz CT molecular complexity index is 3740. The standard InChI is InChI=1S/C54H30O3/c1-6-18-39-33(12-1)44(30-45-41-28-29-48-51(54(41)57-53(39)45)42-19-8-10-23-47(42)55-48)31-24-26-32(27-25-31)49-35-14-2-4-16-37(35)50(38-17-5-3-15-36(38)49)43-21-11-20-40-34-13-7-9-22-46(34)56-52(40)43/h1-30H. The van der Waals surface area contributed by atoms with Gasteiger partial charge >= 0.3 is 0 Å². The molecule has 3 aromatic heterocycles. The van der Waals surface area contributed by atoms with Crippen molar-refractivity contribution in [1.29, 1.82) is 0 Å². The normalized spacial score (nSPS) is 12.2. The van der Waals surface area contributed by atoms with E-state index in [0.29, 0.717) is 0 Å². The highest BCUT2D eigenvalue weighted by atomic mass is 16.3. The van der Waals surface area contributed by atoms with Crippen LogP contribution in [0.4, 0.5) is 0 Å². The molecule has 0 atom stereocenters. The first-order valence-electron chi connectivity index (χ1n) is 19.4. The summed E-state index contributed by atoms with van der Waals surface area (Å²) in [5.74, 6) is 0. The van der Waals surface area contributed by atoms with E-state index >= 15 is 0 Å². The van der Waals surface area contributed by atoms with Crippen LogP contribution in [0.3, 0.4) is 0 Å². The molecule has 0 radical (unpaired) electrons. The Labute approximate surface area is 325 Å². The van der Waals surface area contributed by atoms with Crippen molar-refractivity contribution < 1.29 is 13.3 Å². The van der Waals surface area contributed by atoms with Gasteiger partial charge < -0.3 is 13.3 Å². The fraction of sp³-hybridized carbons (Fsp3) is 0. The lowest BCUT2D eigenvalue weighted by molar-refractivity contribution is 0.664. The van der Waals surface area contributed by atoms with Gasteiger partial charge in [-0.05, 0) is 79.5 Å². The maximum Gasteiger partial charge on any atom is 0.147 e. The second-order valence-electron chi connectivity index (χ2n) is 15.1. The van der Waals surface area contributed by atoms with Gasteiger partial charge in [0.25, 0.3) is 0 Å². The summed E-state index contributed by atoms with van der Waals surface area (Å²) >= 11 is 0. The lowest BCUT2D eigenvalue weighted by atomic mass is 9.85. The highest BCUT2D eigenvalue weighted by Gasteiger charge is 2.22. The molecule has 0 spiro atoms. The van der Waals surface area contributed by atoms with Crippen LogP contribution < -0.4 is 0 Å². The van der Waals surface area contributed by atoms with Crippen LogP contribution in [0.2, 0.25) is 0 Å². The Balaban J connectivity index is 1.02. The van der Waals surface area contributed by atoms with Crippen molar-refractivity contribution in [2.75, 3.05) is 0 Å². The molecule has 0 fully saturated rings.